The third-order valence-electron chi connectivity index (χ3n) is 1.95. The molecular formula is C11H11ClO3. The maximum atomic E-state index is 11.1. The highest BCUT2D eigenvalue weighted by atomic mass is 35.5. The lowest BCUT2D eigenvalue weighted by molar-refractivity contribution is -0.107. The molecule has 0 radical (unpaired) electrons. The molecule has 0 saturated heterocycles. The lowest BCUT2D eigenvalue weighted by Crippen LogP contribution is -2.05. The van der Waals surface area contributed by atoms with E-state index in [1.165, 1.54) is 7.11 Å². The largest absolute Gasteiger partial charge is 0.465 e. The molecule has 1 aromatic rings. The van der Waals surface area contributed by atoms with Crippen molar-refractivity contribution in [3.8, 4) is 0 Å². The van der Waals surface area contributed by atoms with Crippen molar-refractivity contribution in [2.75, 3.05) is 7.11 Å². The number of esters is 1. The van der Waals surface area contributed by atoms with Gasteiger partial charge in [-0.1, -0.05) is 12.1 Å². The van der Waals surface area contributed by atoms with E-state index in [9.17, 15) is 9.59 Å². The maximum Gasteiger partial charge on any atom is 0.337 e. The van der Waals surface area contributed by atoms with Gasteiger partial charge in [-0.2, -0.15) is 0 Å². The van der Waals surface area contributed by atoms with Gasteiger partial charge in [-0.05, 0) is 24.1 Å². The highest BCUT2D eigenvalue weighted by Crippen LogP contribution is 2.09. The molecular weight excluding hydrogens is 216 g/mol. The van der Waals surface area contributed by atoms with Crippen LogP contribution in [-0.2, 0) is 16.0 Å². The van der Waals surface area contributed by atoms with Crippen molar-refractivity contribution in [1.82, 2.24) is 0 Å². The Labute approximate surface area is 93.0 Å². The van der Waals surface area contributed by atoms with Gasteiger partial charge in [0.05, 0.1) is 18.1 Å². The minimum Gasteiger partial charge on any atom is -0.465 e. The van der Waals surface area contributed by atoms with E-state index in [1.54, 1.807) is 24.3 Å². The molecule has 0 N–H and O–H groups in total. The molecule has 0 fully saturated rings. The number of ether oxygens (including phenoxy) is 1. The fraction of sp³-hybridized carbons (Fsp3) is 0.273. The fourth-order valence-electron chi connectivity index (χ4n) is 1.17. The molecule has 0 aliphatic heterocycles. The van der Waals surface area contributed by atoms with E-state index < -0.39 is 5.38 Å². The van der Waals surface area contributed by atoms with Crippen LogP contribution in [0.2, 0.25) is 0 Å². The molecule has 0 aromatic heterocycles. The van der Waals surface area contributed by atoms with Crippen LogP contribution >= 0.6 is 11.6 Å². The number of aldehydes is 1. The topological polar surface area (TPSA) is 43.4 Å². The van der Waals surface area contributed by atoms with Gasteiger partial charge in [0, 0.05) is 0 Å². The van der Waals surface area contributed by atoms with E-state index in [1.807, 2.05) is 0 Å². The van der Waals surface area contributed by atoms with Crippen LogP contribution in [0.5, 0.6) is 0 Å². The fourth-order valence-corrected chi connectivity index (χ4v) is 1.35. The normalized spacial score (nSPS) is 11.9. The molecule has 4 heteroatoms. The highest BCUT2D eigenvalue weighted by Gasteiger charge is 2.07. The Hall–Kier alpha value is -1.35. The third kappa shape index (κ3) is 3.36. The van der Waals surface area contributed by atoms with E-state index in [0.29, 0.717) is 18.3 Å². The Balaban J connectivity index is 2.72. The second kappa shape index (κ2) is 5.51. The van der Waals surface area contributed by atoms with Crippen LogP contribution in [0.1, 0.15) is 15.9 Å². The van der Waals surface area contributed by atoms with E-state index >= 15 is 0 Å². The number of methoxy groups -OCH3 is 1. The number of hydrogen-bond acceptors (Lipinski definition) is 3. The standard InChI is InChI=1S/C11H11ClO3/c1-15-11(14)9-4-2-8(3-5-9)6-10(12)7-13/h2-5,7,10H,6H2,1H3. The average molecular weight is 227 g/mol. The lowest BCUT2D eigenvalue weighted by atomic mass is 10.1. The molecule has 1 unspecified atom stereocenters. The first-order valence-corrected chi connectivity index (χ1v) is 4.87. The van der Waals surface area contributed by atoms with E-state index in [4.69, 9.17) is 11.6 Å². The van der Waals surface area contributed by atoms with Crippen LogP contribution in [0.25, 0.3) is 0 Å². The Morgan fingerprint density at radius 3 is 2.53 bits per heavy atom. The SMILES string of the molecule is COC(=O)c1ccc(CC(Cl)C=O)cc1. The molecule has 0 saturated carbocycles. The van der Waals surface area contributed by atoms with Crippen molar-refractivity contribution in [1.29, 1.82) is 0 Å². The molecule has 1 atom stereocenters. The van der Waals surface area contributed by atoms with Gasteiger partial charge in [0.25, 0.3) is 0 Å². The van der Waals surface area contributed by atoms with Gasteiger partial charge in [0.1, 0.15) is 6.29 Å². The predicted octanol–water partition coefficient (Wildman–Crippen LogP) is 1.82. The number of halogens is 1. The summed E-state index contributed by atoms with van der Waals surface area (Å²) >= 11 is 5.67. The Bertz CT molecular complexity index is 345. The van der Waals surface area contributed by atoms with Crippen molar-refractivity contribution < 1.29 is 14.3 Å². The monoisotopic (exact) mass is 226 g/mol. The van der Waals surface area contributed by atoms with Crippen LogP contribution in [-0.4, -0.2) is 24.7 Å². The zero-order valence-corrected chi connectivity index (χ0v) is 9.03. The van der Waals surface area contributed by atoms with E-state index in [2.05, 4.69) is 4.74 Å². The van der Waals surface area contributed by atoms with E-state index in [0.717, 1.165) is 5.56 Å². The molecule has 1 rings (SSSR count). The number of carbonyl (C=O) groups excluding carboxylic acids is 2. The minimum atomic E-state index is -0.519. The van der Waals surface area contributed by atoms with Crippen LogP contribution in [0.3, 0.4) is 0 Å². The van der Waals surface area contributed by atoms with Crippen molar-refractivity contribution in [2.24, 2.45) is 0 Å². The molecule has 0 aliphatic rings. The molecule has 0 heterocycles. The number of carbonyl (C=O) groups is 2. The second-order valence-corrected chi connectivity index (χ2v) is 3.61. The van der Waals surface area contributed by atoms with Gasteiger partial charge in [-0.15, -0.1) is 11.6 Å². The first-order chi connectivity index (χ1) is 7.17. The van der Waals surface area contributed by atoms with Gasteiger partial charge < -0.3 is 9.53 Å². The molecule has 1 aromatic carbocycles. The Morgan fingerprint density at radius 1 is 1.47 bits per heavy atom. The van der Waals surface area contributed by atoms with Crippen molar-refractivity contribution in [3.63, 3.8) is 0 Å². The third-order valence-corrected chi connectivity index (χ3v) is 2.21. The quantitative estimate of drug-likeness (QED) is 0.447. The summed E-state index contributed by atoms with van der Waals surface area (Å²) < 4.78 is 4.56. The Kier molecular flexibility index (Phi) is 4.31. The first-order valence-electron chi connectivity index (χ1n) is 4.44. The van der Waals surface area contributed by atoms with Crippen LogP contribution < -0.4 is 0 Å². The summed E-state index contributed by atoms with van der Waals surface area (Å²) in [7, 11) is 1.33. The maximum absolute atomic E-state index is 11.1. The molecule has 0 aliphatic carbocycles. The van der Waals surface area contributed by atoms with Crippen molar-refractivity contribution in [2.45, 2.75) is 11.8 Å². The highest BCUT2D eigenvalue weighted by molar-refractivity contribution is 6.27. The zero-order chi connectivity index (χ0) is 11.3. The molecule has 0 amide bonds. The lowest BCUT2D eigenvalue weighted by Gasteiger charge is -2.03. The molecule has 0 bridgehead atoms. The van der Waals surface area contributed by atoms with Gasteiger partial charge in [0.15, 0.2) is 0 Å². The van der Waals surface area contributed by atoms with Crippen molar-refractivity contribution >= 4 is 23.9 Å². The van der Waals surface area contributed by atoms with Crippen LogP contribution in [0, 0.1) is 0 Å². The number of rotatable bonds is 4. The number of benzene rings is 1. The summed E-state index contributed by atoms with van der Waals surface area (Å²) in [6.45, 7) is 0. The van der Waals surface area contributed by atoms with Gasteiger partial charge in [-0.3, -0.25) is 0 Å². The smallest absolute Gasteiger partial charge is 0.337 e. The Morgan fingerprint density at radius 2 is 2.07 bits per heavy atom. The summed E-state index contributed by atoms with van der Waals surface area (Å²) in [5, 5.41) is -0.519. The van der Waals surface area contributed by atoms with Crippen molar-refractivity contribution in [3.05, 3.63) is 35.4 Å². The van der Waals surface area contributed by atoms with E-state index in [-0.39, 0.29) is 5.97 Å². The minimum absolute atomic E-state index is 0.376. The average Bonchev–Trinajstić information content (AvgIpc) is 2.29. The summed E-state index contributed by atoms with van der Waals surface area (Å²) in [6, 6.07) is 6.81. The summed E-state index contributed by atoms with van der Waals surface area (Å²) in [5.74, 6) is -0.376. The number of hydrogen-bond donors (Lipinski definition) is 0. The second-order valence-electron chi connectivity index (χ2n) is 3.04. The summed E-state index contributed by atoms with van der Waals surface area (Å²) in [4.78, 5) is 21.4. The predicted molar refractivity (Wildman–Crippen MR) is 57.2 cm³/mol. The summed E-state index contributed by atoms with van der Waals surface area (Å²) in [5.41, 5.74) is 1.40. The molecule has 3 nitrogen and oxygen atoms in total. The molecule has 0 spiro atoms. The van der Waals surface area contributed by atoms with Gasteiger partial charge >= 0.3 is 5.97 Å². The first kappa shape index (κ1) is 11.7. The summed E-state index contributed by atoms with van der Waals surface area (Å²) in [6.07, 6.45) is 1.16. The van der Waals surface area contributed by atoms with Gasteiger partial charge in [-0.25, -0.2) is 4.79 Å². The molecule has 15 heavy (non-hydrogen) atoms. The number of alkyl halides is 1. The molecule has 80 valence electrons. The zero-order valence-electron chi connectivity index (χ0n) is 8.27. The van der Waals surface area contributed by atoms with Crippen LogP contribution in [0.4, 0.5) is 0 Å². The van der Waals surface area contributed by atoms with Crippen LogP contribution in [0.15, 0.2) is 24.3 Å². The van der Waals surface area contributed by atoms with Gasteiger partial charge in [0.2, 0.25) is 0 Å².